The summed E-state index contributed by atoms with van der Waals surface area (Å²) in [5, 5.41) is 2.72. The van der Waals surface area contributed by atoms with E-state index in [-0.39, 0.29) is 23.0 Å². The minimum absolute atomic E-state index is 0.152. The molecule has 0 bridgehead atoms. The molecule has 0 aliphatic rings. The van der Waals surface area contributed by atoms with E-state index in [1.54, 1.807) is 36.4 Å². The number of methoxy groups -OCH3 is 1. The van der Waals surface area contributed by atoms with Crippen molar-refractivity contribution < 1.29 is 22.4 Å². The molecule has 158 valence electrons. The number of carbonyl (C=O) groups excluding carboxylic acids is 1. The summed E-state index contributed by atoms with van der Waals surface area (Å²) >= 11 is 0. The average Bonchev–Trinajstić information content (AvgIpc) is 3.23. The zero-order valence-corrected chi connectivity index (χ0v) is 17.6. The van der Waals surface area contributed by atoms with Crippen molar-refractivity contribution >= 4 is 32.5 Å². The van der Waals surface area contributed by atoms with E-state index in [0.717, 1.165) is 11.1 Å². The summed E-state index contributed by atoms with van der Waals surface area (Å²) in [4.78, 5) is 16.8. The molecule has 8 heteroatoms. The minimum atomic E-state index is -3.57. The molecule has 0 aliphatic heterocycles. The summed E-state index contributed by atoms with van der Waals surface area (Å²) in [6.07, 6.45) is -0.152. The number of benzene rings is 3. The van der Waals surface area contributed by atoms with E-state index < -0.39 is 9.84 Å². The molecule has 4 rings (SSSR count). The van der Waals surface area contributed by atoms with Gasteiger partial charge in [0.05, 0.1) is 17.8 Å². The number of hydrogen-bond acceptors (Lipinski definition) is 6. The number of aromatic nitrogens is 1. The highest BCUT2D eigenvalue weighted by molar-refractivity contribution is 7.91. The largest absolute Gasteiger partial charge is 0.497 e. The van der Waals surface area contributed by atoms with Gasteiger partial charge in [0.1, 0.15) is 11.3 Å². The Bertz CT molecular complexity index is 1280. The van der Waals surface area contributed by atoms with Crippen LogP contribution in [0.1, 0.15) is 6.42 Å². The van der Waals surface area contributed by atoms with Crippen LogP contribution in [-0.2, 0) is 14.6 Å². The van der Waals surface area contributed by atoms with Crippen molar-refractivity contribution in [2.24, 2.45) is 0 Å². The van der Waals surface area contributed by atoms with Gasteiger partial charge in [-0.25, -0.2) is 13.4 Å². The molecular weight excluding hydrogens is 416 g/mol. The highest BCUT2D eigenvalue weighted by Gasteiger charge is 2.17. The van der Waals surface area contributed by atoms with Crippen molar-refractivity contribution in [3.63, 3.8) is 0 Å². The first-order chi connectivity index (χ1) is 14.9. The number of sulfone groups is 1. The molecule has 0 atom stereocenters. The van der Waals surface area contributed by atoms with Gasteiger partial charge in [-0.3, -0.25) is 4.79 Å². The van der Waals surface area contributed by atoms with Gasteiger partial charge in [0.2, 0.25) is 11.8 Å². The molecule has 7 nitrogen and oxygen atoms in total. The number of anilines is 1. The van der Waals surface area contributed by atoms with Crippen LogP contribution in [0.25, 0.3) is 22.6 Å². The third-order valence-electron chi connectivity index (χ3n) is 4.73. The van der Waals surface area contributed by atoms with Crippen molar-refractivity contribution in [3.05, 3.63) is 72.8 Å². The summed E-state index contributed by atoms with van der Waals surface area (Å²) in [6.45, 7) is 0. The summed E-state index contributed by atoms with van der Waals surface area (Å²) in [6, 6.07) is 20.6. The van der Waals surface area contributed by atoms with Gasteiger partial charge in [-0.05, 0) is 60.7 Å². The maximum absolute atomic E-state index is 12.4. The molecule has 1 aromatic heterocycles. The van der Waals surface area contributed by atoms with Crippen LogP contribution in [-0.4, -0.2) is 32.2 Å². The normalized spacial score (nSPS) is 11.4. The highest BCUT2D eigenvalue weighted by atomic mass is 32.2. The highest BCUT2D eigenvalue weighted by Crippen LogP contribution is 2.25. The first kappa shape index (κ1) is 20.6. The number of oxazole rings is 1. The first-order valence-electron chi connectivity index (χ1n) is 9.57. The lowest BCUT2D eigenvalue weighted by molar-refractivity contribution is -0.115. The smallest absolute Gasteiger partial charge is 0.227 e. The van der Waals surface area contributed by atoms with Crippen molar-refractivity contribution in [2.75, 3.05) is 18.2 Å². The second kappa shape index (κ2) is 8.61. The molecule has 0 spiro atoms. The van der Waals surface area contributed by atoms with E-state index in [1.165, 1.54) is 19.2 Å². The molecule has 0 radical (unpaired) electrons. The van der Waals surface area contributed by atoms with Gasteiger partial charge in [0.25, 0.3) is 0 Å². The molecule has 31 heavy (non-hydrogen) atoms. The van der Waals surface area contributed by atoms with Gasteiger partial charge >= 0.3 is 0 Å². The molecule has 4 aromatic rings. The SMILES string of the molecule is COc1ccc(S(=O)(=O)CCC(=O)Nc2ccc(-c3nc4ccccc4o3)cc2)cc1. The molecule has 0 fully saturated rings. The van der Waals surface area contributed by atoms with Gasteiger partial charge < -0.3 is 14.5 Å². The van der Waals surface area contributed by atoms with Crippen molar-refractivity contribution in [1.29, 1.82) is 0 Å². The number of nitrogens with one attached hydrogen (secondary N) is 1. The maximum Gasteiger partial charge on any atom is 0.227 e. The Morgan fingerprint density at radius 1 is 1.00 bits per heavy atom. The van der Waals surface area contributed by atoms with E-state index in [2.05, 4.69) is 10.3 Å². The Labute approximate surface area is 179 Å². The number of ether oxygens (including phenoxy) is 1. The summed E-state index contributed by atoms with van der Waals surface area (Å²) in [7, 11) is -2.06. The maximum atomic E-state index is 12.4. The van der Waals surface area contributed by atoms with E-state index in [4.69, 9.17) is 9.15 Å². The van der Waals surface area contributed by atoms with Gasteiger partial charge in [-0.15, -0.1) is 0 Å². The van der Waals surface area contributed by atoms with Crippen LogP contribution >= 0.6 is 0 Å². The van der Waals surface area contributed by atoms with E-state index in [0.29, 0.717) is 22.9 Å². The standard InChI is InChI=1S/C23H20N2O5S/c1-29-18-10-12-19(13-11-18)31(27,28)15-14-22(26)24-17-8-6-16(7-9-17)23-25-20-4-2-3-5-21(20)30-23/h2-13H,14-15H2,1H3,(H,24,26). The minimum Gasteiger partial charge on any atom is -0.497 e. The van der Waals surface area contributed by atoms with Crippen LogP contribution in [0.3, 0.4) is 0 Å². The number of amides is 1. The molecule has 0 unspecified atom stereocenters. The number of para-hydroxylation sites is 2. The van der Waals surface area contributed by atoms with Gasteiger partial charge in [-0.2, -0.15) is 0 Å². The van der Waals surface area contributed by atoms with Crippen molar-refractivity contribution in [3.8, 4) is 17.2 Å². The summed E-state index contributed by atoms with van der Waals surface area (Å²) < 4.78 is 35.6. The Kier molecular flexibility index (Phi) is 5.73. The number of carbonyl (C=O) groups is 1. The lowest BCUT2D eigenvalue weighted by Gasteiger charge is -2.07. The number of nitrogens with zero attached hydrogens (tertiary/aromatic N) is 1. The predicted molar refractivity (Wildman–Crippen MR) is 118 cm³/mol. The molecule has 0 saturated heterocycles. The Morgan fingerprint density at radius 3 is 2.39 bits per heavy atom. The zero-order valence-electron chi connectivity index (χ0n) is 16.7. The number of rotatable bonds is 7. The molecule has 3 aromatic carbocycles. The van der Waals surface area contributed by atoms with Crippen LogP contribution < -0.4 is 10.1 Å². The fourth-order valence-corrected chi connectivity index (χ4v) is 4.28. The van der Waals surface area contributed by atoms with Gasteiger partial charge in [0, 0.05) is 17.7 Å². The third kappa shape index (κ3) is 4.75. The molecule has 0 aliphatic carbocycles. The van der Waals surface area contributed by atoms with Crippen LogP contribution in [0.2, 0.25) is 0 Å². The van der Waals surface area contributed by atoms with Crippen molar-refractivity contribution in [2.45, 2.75) is 11.3 Å². The van der Waals surface area contributed by atoms with E-state index >= 15 is 0 Å². The fraction of sp³-hybridized carbons (Fsp3) is 0.130. The molecule has 1 heterocycles. The lowest BCUT2D eigenvalue weighted by Crippen LogP contribution is -2.17. The monoisotopic (exact) mass is 436 g/mol. The summed E-state index contributed by atoms with van der Waals surface area (Å²) in [5.41, 5.74) is 2.81. The first-order valence-corrected chi connectivity index (χ1v) is 11.2. The molecular formula is C23H20N2O5S. The molecule has 1 N–H and O–H groups in total. The fourth-order valence-electron chi connectivity index (χ4n) is 3.04. The van der Waals surface area contributed by atoms with Gasteiger partial charge in [0.15, 0.2) is 15.4 Å². The third-order valence-corrected chi connectivity index (χ3v) is 6.46. The molecule has 1 amide bonds. The Morgan fingerprint density at radius 2 is 1.71 bits per heavy atom. The second-order valence-corrected chi connectivity index (χ2v) is 8.97. The van der Waals surface area contributed by atoms with E-state index in [9.17, 15) is 13.2 Å². The zero-order chi connectivity index (χ0) is 21.8. The lowest BCUT2D eigenvalue weighted by atomic mass is 10.2. The summed E-state index contributed by atoms with van der Waals surface area (Å²) in [5.74, 6) is 0.390. The number of fused-ring (bicyclic) bond motifs is 1. The average molecular weight is 436 g/mol. The van der Waals surface area contributed by atoms with Crippen molar-refractivity contribution in [1.82, 2.24) is 4.98 Å². The number of hydrogen-bond donors (Lipinski definition) is 1. The molecule has 0 saturated carbocycles. The quantitative estimate of drug-likeness (QED) is 0.464. The Hall–Kier alpha value is -3.65. The predicted octanol–water partition coefficient (Wildman–Crippen LogP) is 4.31. The van der Waals surface area contributed by atoms with Crippen LogP contribution in [0, 0.1) is 0 Å². The van der Waals surface area contributed by atoms with E-state index in [1.807, 2.05) is 24.3 Å². The topological polar surface area (TPSA) is 98.5 Å². The van der Waals surface area contributed by atoms with Gasteiger partial charge in [-0.1, -0.05) is 12.1 Å². The van der Waals surface area contributed by atoms with Crippen LogP contribution in [0.5, 0.6) is 5.75 Å². The Balaban J connectivity index is 1.37. The van der Waals surface area contributed by atoms with Crippen LogP contribution in [0.15, 0.2) is 82.1 Å². The second-order valence-electron chi connectivity index (χ2n) is 6.86. The van der Waals surface area contributed by atoms with Crippen LogP contribution in [0.4, 0.5) is 5.69 Å².